The van der Waals surface area contributed by atoms with Gasteiger partial charge in [0.25, 0.3) is 0 Å². The lowest BCUT2D eigenvalue weighted by atomic mass is 9.84. The first-order chi connectivity index (χ1) is 9.23. The summed E-state index contributed by atoms with van der Waals surface area (Å²) < 4.78 is 14.4. The van der Waals surface area contributed by atoms with Gasteiger partial charge in [0.1, 0.15) is 5.15 Å². The van der Waals surface area contributed by atoms with E-state index in [0.29, 0.717) is 5.15 Å². The summed E-state index contributed by atoms with van der Waals surface area (Å²) in [7, 11) is -0.339. The first-order valence-electron chi connectivity index (χ1n) is 6.62. The van der Waals surface area contributed by atoms with Gasteiger partial charge in [-0.05, 0) is 46.2 Å². The third-order valence-corrected chi connectivity index (χ3v) is 5.86. The van der Waals surface area contributed by atoms with Crippen LogP contribution in [0.15, 0.2) is 12.3 Å². The Morgan fingerprint density at radius 2 is 1.80 bits per heavy atom. The second kappa shape index (κ2) is 4.44. The second-order valence-electron chi connectivity index (χ2n) is 6.15. The molecular weight excluding hydrogens is 292 g/mol. The molecule has 0 unspecified atom stereocenters. The van der Waals surface area contributed by atoms with Gasteiger partial charge in [-0.1, -0.05) is 11.6 Å². The SMILES string of the molecule is Cc1c(B2OC(C)(C)C(C)(C)O2)sc2ccnc(Cl)c12. The van der Waals surface area contributed by atoms with E-state index in [0.717, 1.165) is 20.4 Å². The molecule has 3 nitrogen and oxygen atoms in total. The topological polar surface area (TPSA) is 31.4 Å². The van der Waals surface area contributed by atoms with Crippen molar-refractivity contribution in [2.75, 3.05) is 0 Å². The Morgan fingerprint density at radius 3 is 2.35 bits per heavy atom. The van der Waals surface area contributed by atoms with Gasteiger partial charge >= 0.3 is 7.12 Å². The smallest absolute Gasteiger partial charge is 0.399 e. The molecule has 20 heavy (non-hydrogen) atoms. The molecule has 0 radical (unpaired) electrons. The number of hydrogen-bond donors (Lipinski definition) is 0. The molecule has 0 aromatic carbocycles. The van der Waals surface area contributed by atoms with Gasteiger partial charge in [-0.3, -0.25) is 0 Å². The van der Waals surface area contributed by atoms with Crippen molar-refractivity contribution in [1.29, 1.82) is 0 Å². The average Bonchev–Trinajstić information content (AvgIpc) is 2.76. The van der Waals surface area contributed by atoms with Crippen LogP contribution in [0, 0.1) is 6.92 Å². The van der Waals surface area contributed by atoms with E-state index in [1.165, 1.54) is 0 Å². The monoisotopic (exact) mass is 309 g/mol. The van der Waals surface area contributed by atoms with Crippen LogP contribution in [-0.2, 0) is 9.31 Å². The number of halogens is 1. The van der Waals surface area contributed by atoms with E-state index in [4.69, 9.17) is 20.9 Å². The minimum atomic E-state index is -0.339. The lowest BCUT2D eigenvalue weighted by Crippen LogP contribution is -2.41. The molecule has 0 spiro atoms. The molecule has 0 N–H and O–H groups in total. The minimum Gasteiger partial charge on any atom is -0.399 e. The van der Waals surface area contributed by atoms with Crippen molar-refractivity contribution in [3.8, 4) is 0 Å². The van der Waals surface area contributed by atoms with Crippen molar-refractivity contribution in [3.05, 3.63) is 23.0 Å². The van der Waals surface area contributed by atoms with Crippen molar-refractivity contribution < 1.29 is 9.31 Å². The summed E-state index contributed by atoms with van der Waals surface area (Å²) in [5, 5.41) is 1.54. The van der Waals surface area contributed by atoms with Crippen molar-refractivity contribution in [2.45, 2.75) is 45.8 Å². The number of fused-ring (bicyclic) bond motifs is 1. The highest BCUT2D eigenvalue weighted by Crippen LogP contribution is 2.38. The van der Waals surface area contributed by atoms with Crippen LogP contribution in [0.25, 0.3) is 10.1 Å². The molecule has 0 aliphatic carbocycles. The molecule has 2 aromatic heterocycles. The third kappa shape index (κ3) is 1.99. The zero-order chi connectivity index (χ0) is 14.7. The number of nitrogens with zero attached hydrogens (tertiary/aromatic N) is 1. The van der Waals surface area contributed by atoms with Gasteiger partial charge in [-0.25, -0.2) is 4.98 Å². The van der Waals surface area contributed by atoms with Gasteiger partial charge in [0.2, 0.25) is 0 Å². The fourth-order valence-electron chi connectivity index (χ4n) is 2.34. The minimum absolute atomic E-state index is 0.331. The van der Waals surface area contributed by atoms with E-state index in [9.17, 15) is 0 Å². The van der Waals surface area contributed by atoms with Crippen LogP contribution in [0.2, 0.25) is 5.15 Å². The lowest BCUT2D eigenvalue weighted by molar-refractivity contribution is 0.00578. The van der Waals surface area contributed by atoms with E-state index in [1.807, 2.05) is 13.0 Å². The van der Waals surface area contributed by atoms with Crippen LogP contribution in [-0.4, -0.2) is 23.3 Å². The molecule has 1 aliphatic heterocycles. The molecule has 6 heteroatoms. The predicted molar refractivity (Wildman–Crippen MR) is 85.1 cm³/mol. The summed E-state index contributed by atoms with van der Waals surface area (Å²) in [5.74, 6) is 0. The van der Waals surface area contributed by atoms with Crippen LogP contribution >= 0.6 is 22.9 Å². The number of rotatable bonds is 1. The van der Waals surface area contributed by atoms with Gasteiger partial charge in [0.15, 0.2) is 0 Å². The summed E-state index contributed by atoms with van der Waals surface area (Å²) in [5.41, 5.74) is 0.437. The number of pyridine rings is 1. The van der Waals surface area contributed by atoms with E-state index in [2.05, 4.69) is 32.7 Å². The summed E-state index contributed by atoms with van der Waals surface area (Å²) in [6.07, 6.45) is 1.73. The Balaban J connectivity index is 2.09. The maximum atomic E-state index is 6.21. The summed E-state index contributed by atoms with van der Waals surface area (Å²) in [4.78, 5) is 4.16. The van der Waals surface area contributed by atoms with Crippen molar-refractivity contribution in [2.24, 2.45) is 0 Å². The predicted octanol–water partition coefficient (Wildman–Crippen LogP) is 3.56. The van der Waals surface area contributed by atoms with Crippen molar-refractivity contribution in [3.63, 3.8) is 0 Å². The Hall–Kier alpha value is -0.615. The molecule has 3 rings (SSSR count). The van der Waals surface area contributed by atoms with E-state index in [-0.39, 0.29) is 18.3 Å². The van der Waals surface area contributed by atoms with E-state index >= 15 is 0 Å². The molecule has 3 heterocycles. The molecule has 2 aromatic rings. The van der Waals surface area contributed by atoms with Crippen molar-refractivity contribution in [1.82, 2.24) is 4.98 Å². The van der Waals surface area contributed by atoms with Crippen LogP contribution in [0.1, 0.15) is 33.3 Å². The van der Waals surface area contributed by atoms with E-state index in [1.54, 1.807) is 17.5 Å². The van der Waals surface area contributed by atoms with Gasteiger partial charge in [-0.15, -0.1) is 11.3 Å². The number of aromatic nitrogens is 1. The molecule has 0 bridgehead atoms. The Kier molecular flexibility index (Phi) is 3.18. The van der Waals surface area contributed by atoms with Crippen LogP contribution in [0.3, 0.4) is 0 Å². The average molecular weight is 310 g/mol. The number of aryl methyl sites for hydroxylation is 1. The molecule has 106 valence electrons. The van der Waals surface area contributed by atoms with Gasteiger partial charge in [-0.2, -0.15) is 0 Å². The normalized spacial score (nSPS) is 20.8. The van der Waals surface area contributed by atoms with E-state index < -0.39 is 0 Å². The van der Waals surface area contributed by atoms with Crippen molar-refractivity contribution >= 4 is 44.9 Å². The van der Waals surface area contributed by atoms with Gasteiger partial charge < -0.3 is 9.31 Å². The number of thiophene rings is 1. The number of hydrogen-bond acceptors (Lipinski definition) is 4. The zero-order valence-corrected chi connectivity index (χ0v) is 13.9. The lowest BCUT2D eigenvalue weighted by Gasteiger charge is -2.32. The summed E-state index contributed by atoms with van der Waals surface area (Å²) in [6, 6.07) is 1.98. The highest BCUT2D eigenvalue weighted by Gasteiger charge is 2.52. The first kappa shape index (κ1) is 14.3. The van der Waals surface area contributed by atoms with Crippen LogP contribution in [0.4, 0.5) is 0 Å². The van der Waals surface area contributed by atoms with Gasteiger partial charge in [0.05, 0.1) is 11.2 Å². The van der Waals surface area contributed by atoms with Crippen LogP contribution in [0.5, 0.6) is 0 Å². The Labute approximate surface area is 128 Å². The maximum absolute atomic E-state index is 6.21. The first-order valence-corrected chi connectivity index (χ1v) is 7.81. The largest absolute Gasteiger partial charge is 0.505 e. The Morgan fingerprint density at radius 1 is 1.20 bits per heavy atom. The highest BCUT2D eigenvalue weighted by molar-refractivity contribution is 7.28. The fraction of sp³-hybridized carbons (Fsp3) is 0.500. The standard InChI is InChI=1S/C14H17BClNO2S/c1-8-10-9(6-7-17-12(10)16)20-11(8)15-18-13(2,3)14(4,5)19-15/h6-7H,1-5H3. The quantitative estimate of drug-likeness (QED) is 0.596. The molecule has 0 saturated carbocycles. The summed E-state index contributed by atoms with van der Waals surface area (Å²) in [6.45, 7) is 10.3. The Bertz CT molecular complexity index is 667. The molecule has 1 saturated heterocycles. The highest BCUT2D eigenvalue weighted by atomic mass is 35.5. The zero-order valence-electron chi connectivity index (χ0n) is 12.3. The molecule has 0 atom stereocenters. The molecule has 1 aliphatic rings. The second-order valence-corrected chi connectivity index (χ2v) is 7.60. The summed E-state index contributed by atoms with van der Waals surface area (Å²) >= 11 is 7.87. The van der Waals surface area contributed by atoms with Gasteiger partial charge in [0, 0.05) is 21.1 Å². The third-order valence-electron chi connectivity index (χ3n) is 4.30. The van der Waals surface area contributed by atoms with Crippen LogP contribution < -0.4 is 4.78 Å². The fourth-order valence-corrected chi connectivity index (χ4v) is 3.86. The maximum Gasteiger partial charge on any atom is 0.505 e. The molecule has 0 amide bonds. The molecule has 1 fully saturated rings. The molecular formula is C14H17BClNO2S.